The van der Waals surface area contributed by atoms with Crippen molar-refractivity contribution in [3.63, 3.8) is 0 Å². The highest BCUT2D eigenvalue weighted by Gasteiger charge is 2.45. The molecule has 0 amide bonds. The number of phosphoric ester groups is 1. The van der Waals surface area contributed by atoms with Gasteiger partial charge in [0.2, 0.25) is 0 Å². The highest BCUT2D eigenvalue weighted by molar-refractivity contribution is 7.59. The van der Waals surface area contributed by atoms with Crippen molar-refractivity contribution >= 4 is 26.5 Å². The lowest BCUT2D eigenvalue weighted by molar-refractivity contribution is -0.242. The second-order valence-corrected chi connectivity index (χ2v) is 10.6. The van der Waals surface area contributed by atoms with Crippen molar-refractivity contribution in [2.75, 3.05) is 6.61 Å². The van der Waals surface area contributed by atoms with Crippen LogP contribution in [-0.4, -0.2) is 58.9 Å². The van der Waals surface area contributed by atoms with Crippen LogP contribution in [0.5, 0.6) is 0 Å². The monoisotopic (exact) mass is 546 g/mol. The van der Waals surface area contributed by atoms with Gasteiger partial charge in [0.1, 0.15) is 18.3 Å². The summed E-state index contributed by atoms with van der Waals surface area (Å²) in [5.41, 5.74) is -0.392. The maximum atomic E-state index is 13.1. The topological polar surface area (TPSA) is 230 Å². The number of fused-ring (bicyclic) bond motifs is 1. The first kappa shape index (κ1) is 26.6. The fraction of sp³-hybridized carbons (Fsp3) is 0.389. The average Bonchev–Trinajstić information content (AvgIpc) is 3.25. The van der Waals surface area contributed by atoms with Gasteiger partial charge in [-0.05, 0) is 6.07 Å². The molecule has 1 fully saturated rings. The third-order valence-electron chi connectivity index (χ3n) is 5.45. The molecule has 2 aromatic heterocycles. The van der Waals surface area contributed by atoms with Crippen LogP contribution in [0.3, 0.4) is 0 Å². The smallest absolute Gasteiger partial charge is 0.333 e. The minimum absolute atomic E-state index is 0.217. The molecule has 196 valence electrons. The van der Waals surface area contributed by atoms with E-state index in [9.17, 15) is 38.7 Å². The van der Waals surface area contributed by atoms with Gasteiger partial charge in [-0.25, -0.2) is 9.11 Å². The molecule has 5 unspecified atom stereocenters. The molecule has 18 heteroatoms. The molecule has 0 radical (unpaired) electrons. The number of hydrogen-bond donors (Lipinski definition) is 3. The van der Waals surface area contributed by atoms with Crippen LogP contribution >= 0.6 is 15.6 Å². The van der Waals surface area contributed by atoms with Gasteiger partial charge >= 0.3 is 5.69 Å². The summed E-state index contributed by atoms with van der Waals surface area (Å²) in [5.74, 6) is 0. The number of benzene rings is 1. The molecule has 16 nitrogen and oxygen atoms in total. The van der Waals surface area contributed by atoms with Gasteiger partial charge in [0, 0.05) is 24.7 Å². The number of phosphoric acid groups is 2. The van der Waals surface area contributed by atoms with Crippen LogP contribution in [0.4, 0.5) is 0 Å². The van der Waals surface area contributed by atoms with Crippen molar-refractivity contribution in [3.8, 4) is 0 Å². The predicted molar refractivity (Wildman–Crippen MR) is 115 cm³/mol. The van der Waals surface area contributed by atoms with Gasteiger partial charge in [-0.1, -0.05) is 18.2 Å². The second kappa shape index (κ2) is 9.76. The zero-order chi connectivity index (χ0) is 26.4. The Balaban J connectivity index is 1.58. The minimum atomic E-state index is -5.68. The Morgan fingerprint density at radius 3 is 2.53 bits per heavy atom. The molecule has 1 aliphatic rings. The van der Waals surface area contributed by atoms with Gasteiger partial charge in [-0.15, -0.1) is 0 Å². The highest BCUT2D eigenvalue weighted by Crippen LogP contribution is 2.52. The van der Waals surface area contributed by atoms with E-state index in [1.54, 1.807) is 29.9 Å². The SMILES string of the molecule is Cn1nc(Cn2c(=O)ccn(C3OC(COP(=O)([O-])OP(=O)([O-])O)[C@H](O)C3O)c2=O)c2ccccc21. The van der Waals surface area contributed by atoms with Crippen molar-refractivity contribution < 1.29 is 47.6 Å². The Bertz CT molecular complexity index is 1490. The molecular weight excluding hydrogens is 526 g/mol. The van der Waals surface area contributed by atoms with E-state index < -0.39 is 58.0 Å². The summed E-state index contributed by atoms with van der Waals surface area (Å²) in [5, 5.41) is 25.7. The molecule has 3 heterocycles. The summed E-state index contributed by atoms with van der Waals surface area (Å²) in [7, 11) is -9.54. The third-order valence-corrected chi connectivity index (χ3v) is 7.54. The van der Waals surface area contributed by atoms with Gasteiger partial charge < -0.3 is 34.2 Å². The molecule has 4 rings (SSSR count). The molecule has 0 spiro atoms. The fourth-order valence-electron chi connectivity index (χ4n) is 3.84. The van der Waals surface area contributed by atoms with Gasteiger partial charge in [0.25, 0.3) is 21.2 Å². The third kappa shape index (κ3) is 5.43. The molecule has 3 N–H and O–H groups in total. The molecule has 6 atom stereocenters. The summed E-state index contributed by atoms with van der Waals surface area (Å²) in [4.78, 5) is 56.2. The van der Waals surface area contributed by atoms with E-state index in [4.69, 9.17) is 9.63 Å². The van der Waals surface area contributed by atoms with E-state index in [0.29, 0.717) is 11.1 Å². The first-order valence-electron chi connectivity index (χ1n) is 10.2. The fourth-order valence-corrected chi connectivity index (χ4v) is 5.37. The van der Waals surface area contributed by atoms with Crippen molar-refractivity contribution in [2.45, 2.75) is 31.1 Å². The average molecular weight is 546 g/mol. The van der Waals surface area contributed by atoms with Crippen LogP contribution in [0.15, 0.2) is 46.1 Å². The maximum absolute atomic E-state index is 13.1. The first-order valence-corrected chi connectivity index (χ1v) is 13.2. The van der Waals surface area contributed by atoms with Gasteiger partial charge in [-0.3, -0.25) is 27.7 Å². The lowest BCUT2D eigenvalue weighted by Crippen LogP contribution is -2.43. The van der Waals surface area contributed by atoms with Gasteiger partial charge in [0.15, 0.2) is 6.23 Å². The zero-order valence-corrected chi connectivity index (χ0v) is 20.2. The van der Waals surface area contributed by atoms with Crippen LogP contribution in [0.2, 0.25) is 0 Å². The van der Waals surface area contributed by atoms with Crippen molar-refractivity contribution in [1.29, 1.82) is 0 Å². The number of para-hydroxylation sites is 1. The van der Waals surface area contributed by atoms with Crippen molar-refractivity contribution in [2.24, 2.45) is 7.05 Å². The van der Waals surface area contributed by atoms with E-state index >= 15 is 0 Å². The normalized spacial score (nSPS) is 25.6. The minimum Gasteiger partial charge on any atom is -0.756 e. The van der Waals surface area contributed by atoms with Crippen molar-refractivity contribution in [1.82, 2.24) is 18.9 Å². The molecular formula is C18H20N4O12P2-2. The number of aryl methyl sites for hydroxylation is 1. The summed E-state index contributed by atoms with van der Waals surface area (Å²) >= 11 is 0. The lowest BCUT2D eigenvalue weighted by Gasteiger charge is -2.28. The van der Waals surface area contributed by atoms with Crippen LogP contribution in [0.25, 0.3) is 10.9 Å². The molecule has 1 aromatic carbocycles. The van der Waals surface area contributed by atoms with Crippen LogP contribution in [-0.2, 0) is 36.3 Å². The highest BCUT2D eigenvalue weighted by atomic mass is 31.3. The molecule has 36 heavy (non-hydrogen) atoms. The van der Waals surface area contributed by atoms with Crippen molar-refractivity contribution in [3.05, 3.63) is 63.1 Å². The quantitative estimate of drug-likeness (QED) is 0.249. The Kier molecular flexibility index (Phi) is 7.20. The molecule has 0 saturated carbocycles. The van der Waals surface area contributed by atoms with Gasteiger partial charge in [-0.2, -0.15) is 5.10 Å². The standard InChI is InChI=1S/C18H22N4O12P2/c1-20-12-5-3-2-4-10(12)11(19-20)8-22-14(23)6-7-21(18(22)26)17-16(25)15(24)13(33-17)9-32-36(30,31)34-35(27,28)29/h2-7,13,15-17,24-25H,8-9H2,1H3,(H,30,31)(H2,27,28,29)/p-2/t13?,15-,16?,17?/m0/s1. The first-order chi connectivity index (χ1) is 16.8. The van der Waals surface area contributed by atoms with E-state index in [1.165, 1.54) is 0 Å². The molecule has 1 saturated heterocycles. The lowest BCUT2D eigenvalue weighted by atomic mass is 10.1. The largest absolute Gasteiger partial charge is 0.756 e. The summed E-state index contributed by atoms with van der Waals surface area (Å²) < 4.78 is 38.5. The molecule has 3 aromatic rings. The number of aromatic nitrogens is 4. The van der Waals surface area contributed by atoms with E-state index in [-0.39, 0.29) is 6.54 Å². The number of ether oxygens (including phenoxy) is 1. The molecule has 0 bridgehead atoms. The van der Waals surface area contributed by atoms with E-state index in [2.05, 4.69) is 13.9 Å². The van der Waals surface area contributed by atoms with Crippen LogP contribution < -0.4 is 21.0 Å². The summed E-state index contributed by atoms with van der Waals surface area (Å²) in [6, 6.07) is 8.20. The number of aliphatic hydroxyl groups excluding tert-OH is 2. The Labute approximate surface area is 201 Å². The van der Waals surface area contributed by atoms with E-state index in [0.717, 1.165) is 26.9 Å². The van der Waals surface area contributed by atoms with Gasteiger partial charge in [0.05, 0.1) is 24.4 Å². The van der Waals surface area contributed by atoms with Crippen LogP contribution in [0, 0.1) is 0 Å². The molecule has 1 aliphatic heterocycles. The Morgan fingerprint density at radius 1 is 1.14 bits per heavy atom. The number of rotatable bonds is 8. The van der Waals surface area contributed by atoms with Crippen LogP contribution in [0.1, 0.15) is 11.9 Å². The number of nitrogens with zero attached hydrogens (tertiary/aromatic N) is 4. The summed E-state index contributed by atoms with van der Waals surface area (Å²) in [6.45, 7) is -1.24. The Morgan fingerprint density at radius 2 is 1.83 bits per heavy atom. The second-order valence-electron chi connectivity index (χ2n) is 7.86. The number of aliphatic hydroxyl groups is 2. The molecule has 0 aliphatic carbocycles. The number of hydrogen-bond acceptors (Lipinski definition) is 12. The maximum Gasteiger partial charge on any atom is 0.333 e. The zero-order valence-electron chi connectivity index (χ0n) is 18.4. The summed E-state index contributed by atoms with van der Waals surface area (Å²) in [6.07, 6.45) is -5.65. The predicted octanol–water partition coefficient (Wildman–Crippen LogP) is -2.47. The Hall–Kier alpha value is -2.49. The van der Waals surface area contributed by atoms with E-state index in [1.807, 2.05) is 6.07 Å².